The van der Waals surface area contributed by atoms with Gasteiger partial charge in [0.25, 0.3) is 0 Å². The van der Waals surface area contributed by atoms with Crippen LogP contribution in [0.25, 0.3) is 0 Å². The second-order valence-electron chi connectivity index (χ2n) is 5.62. The highest BCUT2D eigenvalue weighted by Gasteiger charge is 2.38. The van der Waals surface area contributed by atoms with E-state index in [1.807, 2.05) is 31.2 Å². The SMILES string of the molecule is CC(C)CCC1(C)NC(=O)N(c2ccc(Br)cc2)N1. The summed E-state index contributed by atoms with van der Waals surface area (Å²) in [6.07, 6.45) is 1.97. The van der Waals surface area contributed by atoms with Crippen molar-refractivity contribution in [2.24, 2.45) is 5.92 Å². The number of rotatable bonds is 4. The van der Waals surface area contributed by atoms with Crippen molar-refractivity contribution in [3.05, 3.63) is 28.7 Å². The van der Waals surface area contributed by atoms with Gasteiger partial charge in [-0.15, -0.1) is 0 Å². The van der Waals surface area contributed by atoms with Gasteiger partial charge in [-0.05, 0) is 49.9 Å². The molecule has 5 heteroatoms. The number of hydrogen-bond acceptors (Lipinski definition) is 2. The van der Waals surface area contributed by atoms with Crippen LogP contribution in [0, 0.1) is 5.92 Å². The van der Waals surface area contributed by atoms with E-state index in [0.717, 1.165) is 23.0 Å². The van der Waals surface area contributed by atoms with E-state index in [0.29, 0.717) is 5.92 Å². The second kappa shape index (κ2) is 5.51. The van der Waals surface area contributed by atoms with E-state index >= 15 is 0 Å². The lowest BCUT2D eigenvalue weighted by Gasteiger charge is -2.25. The Morgan fingerprint density at radius 1 is 1.32 bits per heavy atom. The topological polar surface area (TPSA) is 44.4 Å². The maximum absolute atomic E-state index is 12.1. The molecule has 104 valence electrons. The Morgan fingerprint density at radius 3 is 2.53 bits per heavy atom. The van der Waals surface area contributed by atoms with Crippen LogP contribution in [0.5, 0.6) is 0 Å². The number of carbonyl (C=O) groups is 1. The van der Waals surface area contributed by atoms with E-state index < -0.39 is 0 Å². The van der Waals surface area contributed by atoms with Crippen LogP contribution in [0.1, 0.15) is 33.6 Å². The van der Waals surface area contributed by atoms with Crippen molar-refractivity contribution in [2.75, 3.05) is 5.01 Å². The first kappa shape index (κ1) is 14.3. The van der Waals surface area contributed by atoms with Gasteiger partial charge in [-0.1, -0.05) is 29.8 Å². The minimum absolute atomic E-state index is 0.103. The van der Waals surface area contributed by atoms with Crippen molar-refractivity contribution in [3.63, 3.8) is 0 Å². The van der Waals surface area contributed by atoms with E-state index in [2.05, 4.69) is 40.5 Å². The predicted molar refractivity (Wildman–Crippen MR) is 80.8 cm³/mol. The third-order valence-corrected chi connectivity index (χ3v) is 3.78. The van der Waals surface area contributed by atoms with Gasteiger partial charge in [0.2, 0.25) is 0 Å². The molecule has 0 aliphatic carbocycles. The third kappa shape index (κ3) is 3.48. The van der Waals surface area contributed by atoms with Crippen LogP contribution in [0.4, 0.5) is 10.5 Å². The molecule has 0 saturated carbocycles. The number of nitrogens with one attached hydrogen (secondary N) is 2. The first-order chi connectivity index (χ1) is 8.89. The molecule has 19 heavy (non-hydrogen) atoms. The highest BCUT2D eigenvalue weighted by atomic mass is 79.9. The molecule has 1 aliphatic heterocycles. The number of carbonyl (C=O) groups excluding carboxylic acids is 1. The number of benzene rings is 1. The lowest BCUT2D eigenvalue weighted by atomic mass is 10.0. The molecule has 1 atom stereocenters. The lowest BCUT2D eigenvalue weighted by molar-refractivity contribution is 0.245. The van der Waals surface area contributed by atoms with Crippen LogP contribution in [0.15, 0.2) is 28.7 Å². The quantitative estimate of drug-likeness (QED) is 0.887. The van der Waals surface area contributed by atoms with Crippen LogP contribution >= 0.6 is 15.9 Å². The van der Waals surface area contributed by atoms with Gasteiger partial charge in [0.15, 0.2) is 0 Å². The fraction of sp³-hybridized carbons (Fsp3) is 0.500. The number of nitrogens with zero attached hydrogens (tertiary/aromatic N) is 1. The van der Waals surface area contributed by atoms with Gasteiger partial charge in [-0.3, -0.25) is 0 Å². The molecular formula is C14H20BrN3O. The van der Waals surface area contributed by atoms with Gasteiger partial charge in [0, 0.05) is 4.47 Å². The molecule has 2 amide bonds. The lowest BCUT2D eigenvalue weighted by Crippen LogP contribution is -2.48. The van der Waals surface area contributed by atoms with Crippen molar-refractivity contribution >= 4 is 27.6 Å². The van der Waals surface area contributed by atoms with Gasteiger partial charge in [-0.25, -0.2) is 15.2 Å². The van der Waals surface area contributed by atoms with Gasteiger partial charge < -0.3 is 5.32 Å². The van der Waals surface area contributed by atoms with Crippen LogP contribution in [0.3, 0.4) is 0 Å². The smallest absolute Gasteiger partial charge is 0.317 e. The molecule has 1 fully saturated rings. The molecule has 0 spiro atoms. The van der Waals surface area contributed by atoms with Crippen LogP contribution in [-0.4, -0.2) is 11.7 Å². The molecule has 1 heterocycles. The fourth-order valence-electron chi connectivity index (χ4n) is 2.09. The van der Waals surface area contributed by atoms with E-state index in [1.165, 1.54) is 0 Å². The Bertz CT molecular complexity index is 460. The number of hydrogen-bond donors (Lipinski definition) is 2. The fourth-order valence-corrected chi connectivity index (χ4v) is 2.35. The summed E-state index contributed by atoms with van der Waals surface area (Å²) in [5, 5.41) is 4.59. The summed E-state index contributed by atoms with van der Waals surface area (Å²) in [7, 11) is 0. The second-order valence-corrected chi connectivity index (χ2v) is 6.53. The summed E-state index contributed by atoms with van der Waals surface area (Å²) < 4.78 is 0.999. The normalized spacial score (nSPS) is 23.0. The summed E-state index contributed by atoms with van der Waals surface area (Å²) in [4.78, 5) is 12.1. The van der Waals surface area contributed by atoms with Crippen molar-refractivity contribution in [3.8, 4) is 0 Å². The Kier molecular flexibility index (Phi) is 4.16. The molecule has 4 nitrogen and oxygen atoms in total. The average Bonchev–Trinajstić information content (AvgIpc) is 2.64. The van der Waals surface area contributed by atoms with Crippen LogP contribution in [0.2, 0.25) is 0 Å². The van der Waals surface area contributed by atoms with E-state index in [9.17, 15) is 4.79 Å². The Morgan fingerprint density at radius 2 is 1.95 bits per heavy atom. The third-order valence-electron chi connectivity index (χ3n) is 3.25. The molecule has 0 radical (unpaired) electrons. The summed E-state index contributed by atoms with van der Waals surface area (Å²) in [5.74, 6) is 0.622. The van der Waals surface area contributed by atoms with Crippen molar-refractivity contribution < 1.29 is 4.79 Å². The van der Waals surface area contributed by atoms with Crippen LogP contribution in [-0.2, 0) is 0 Å². The zero-order chi connectivity index (χ0) is 14.0. The minimum atomic E-state index is -0.367. The van der Waals surface area contributed by atoms with Crippen molar-refractivity contribution in [2.45, 2.75) is 39.3 Å². The molecule has 1 aromatic rings. The predicted octanol–water partition coefficient (Wildman–Crippen LogP) is 3.64. The van der Waals surface area contributed by atoms with Gasteiger partial charge >= 0.3 is 6.03 Å². The zero-order valence-corrected chi connectivity index (χ0v) is 13.1. The van der Waals surface area contributed by atoms with E-state index in [-0.39, 0.29) is 11.7 Å². The maximum atomic E-state index is 12.1. The number of anilines is 1. The monoisotopic (exact) mass is 325 g/mol. The van der Waals surface area contributed by atoms with Crippen molar-refractivity contribution in [1.29, 1.82) is 0 Å². The standard InChI is InChI=1S/C14H20BrN3O/c1-10(2)8-9-14(3)16-13(19)18(17-14)12-6-4-11(15)5-7-12/h4-7,10,17H,8-9H2,1-3H3,(H,16,19). The molecular weight excluding hydrogens is 306 g/mol. The largest absolute Gasteiger partial charge is 0.338 e. The van der Waals surface area contributed by atoms with Crippen molar-refractivity contribution in [1.82, 2.24) is 10.7 Å². The molecule has 1 aliphatic rings. The summed E-state index contributed by atoms with van der Waals surface area (Å²) in [5.41, 5.74) is 3.74. The van der Waals surface area contributed by atoms with Gasteiger partial charge in [-0.2, -0.15) is 0 Å². The maximum Gasteiger partial charge on any atom is 0.338 e. The Hall–Kier alpha value is -1.07. The minimum Gasteiger partial charge on any atom is -0.317 e. The van der Waals surface area contributed by atoms with E-state index in [4.69, 9.17) is 0 Å². The number of amides is 2. The molecule has 1 aromatic carbocycles. The Balaban J connectivity index is 2.08. The first-order valence-electron chi connectivity index (χ1n) is 6.55. The summed E-state index contributed by atoms with van der Waals surface area (Å²) in [6.45, 7) is 6.39. The molecule has 0 bridgehead atoms. The molecule has 0 aromatic heterocycles. The zero-order valence-electron chi connectivity index (χ0n) is 11.5. The Labute approximate surface area is 122 Å². The average molecular weight is 326 g/mol. The van der Waals surface area contributed by atoms with Gasteiger partial charge in [0.1, 0.15) is 5.66 Å². The summed E-state index contributed by atoms with van der Waals surface area (Å²) >= 11 is 3.39. The van der Waals surface area contributed by atoms with E-state index in [1.54, 1.807) is 5.01 Å². The molecule has 1 saturated heterocycles. The first-order valence-corrected chi connectivity index (χ1v) is 7.34. The highest BCUT2D eigenvalue weighted by Crippen LogP contribution is 2.24. The summed E-state index contributed by atoms with van der Waals surface area (Å²) in [6, 6.07) is 7.56. The molecule has 2 N–H and O–H groups in total. The van der Waals surface area contributed by atoms with Gasteiger partial charge in [0.05, 0.1) is 5.69 Å². The van der Waals surface area contributed by atoms with Crippen LogP contribution < -0.4 is 15.8 Å². The number of halogens is 1. The number of urea groups is 1. The number of hydrazine groups is 1. The highest BCUT2D eigenvalue weighted by molar-refractivity contribution is 9.10. The molecule has 2 rings (SSSR count). The molecule has 1 unspecified atom stereocenters.